The smallest absolute Gasteiger partial charge is 0.239 e. The second kappa shape index (κ2) is 4.77. The van der Waals surface area contributed by atoms with Crippen molar-refractivity contribution in [2.24, 2.45) is 11.7 Å². The van der Waals surface area contributed by atoms with Crippen molar-refractivity contribution in [3.8, 4) is 0 Å². The lowest BCUT2D eigenvalue weighted by atomic mass is 9.91. The fraction of sp³-hybridized carbons (Fsp3) is 0.562. The molecule has 4 nitrogen and oxygen atoms in total. The summed E-state index contributed by atoms with van der Waals surface area (Å²) in [5, 5.41) is 3.24. The molecule has 1 heterocycles. The largest absolute Gasteiger partial charge is 0.368 e. The van der Waals surface area contributed by atoms with Crippen LogP contribution in [0.15, 0.2) is 24.3 Å². The number of nitrogens with zero attached hydrogens (tertiary/aromatic N) is 1. The van der Waals surface area contributed by atoms with Crippen molar-refractivity contribution in [1.29, 1.82) is 0 Å². The Morgan fingerprint density at radius 3 is 2.75 bits per heavy atom. The molecular weight excluding hydrogens is 250 g/mol. The Morgan fingerprint density at radius 2 is 2.15 bits per heavy atom. The molecule has 1 saturated carbocycles. The molecule has 3 rings (SSSR count). The van der Waals surface area contributed by atoms with Gasteiger partial charge < -0.3 is 16.0 Å². The Hall–Kier alpha value is -1.55. The van der Waals surface area contributed by atoms with Crippen LogP contribution in [0.4, 0.5) is 5.69 Å². The fourth-order valence-electron chi connectivity index (χ4n) is 3.53. The van der Waals surface area contributed by atoms with Crippen molar-refractivity contribution in [3.05, 3.63) is 29.8 Å². The third-order valence-corrected chi connectivity index (χ3v) is 4.93. The summed E-state index contributed by atoms with van der Waals surface area (Å²) >= 11 is 0. The van der Waals surface area contributed by atoms with Crippen molar-refractivity contribution >= 4 is 11.6 Å². The number of nitrogens with one attached hydrogen (secondary N) is 1. The molecule has 1 aliphatic carbocycles. The summed E-state index contributed by atoms with van der Waals surface area (Å²) in [6, 6.07) is 8.88. The van der Waals surface area contributed by atoms with E-state index in [1.807, 2.05) is 7.05 Å². The summed E-state index contributed by atoms with van der Waals surface area (Å²) in [5.74, 6) is 0.157. The molecule has 1 fully saturated rings. The van der Waals surface area contributed by atoms with E-state index in [0.717, 1.165) is 19.3 Å². The van der Waals surface area contributed by atoms with Crippen LogP contribution in [0.5, 0.6) is 0 Å². The minimum absolute atomic E-state index is 0.223. The van der Waals surface area contributed by atoms with Gasteiger partial charge in [0.1, 0.15) is 5.54 Å². The Labute approximate surface area is 120 Å². The van der Waals surface area contributed by atoms with E-state index in [9.17, 15) is 4.79 Å². The van der Waals surface area contributed by atoms with E-state index in [0.29, 0.717) is 18.5 Å². The van der Waals surface area contributed by atoms with E-state index < -0.39 is 5.54 Å². The first-order chi connectivity index (χ1) is 9.58. The predicted octanol–water partition coefficient (Wildman–Crippen LogP) is 1.29. The maximum Gasteiger partial charge on any atom is 0.239 e. The minimum Gasteiger partial charge on any atom is -0.368 e. The highest BCUT2D eigenvalue weighted by molar-refractivity contribution is 5.86. The van der Waals surface area contributed by atoms with Gasteiger partial charge >= 0.3 is 0 Å². The predicted molar refractivity (Wildman–Crippen MR) is 80.7 cm³/mol. The van der Waals surface area contributed by atoms with Gasteiger partial charge in [-0.3, -0.25) is 4.79 Å². The first-order valence-corrected chi connectivity index (χ1v) is 7.42. The molecule has 1 aromatic rings. The monoisotopic (exact) mass is 273 g/mol. The molecule has 0 saturated heterocycles. The van der Waals surface area contributed by atoms with E-state index in [-0.39, 0.29) is 5.91 Å². The van der Waals surface area contributed by atoms with Crippen molar-refractivity contribution in [3.63, 3.8) is 0 Å². The second-order valence-corrected chi connectivity index (χ2v) is 6.17. The standard InChI is InChI=1S/C16H23N3O/c1-11-9-12-5-3-4-6-14(12)19(11)10-16(18-2,15(17)20)13-7-8-13/h3-6,11,13,18H,7-10H2,1-2H3,(H2,17,20). The van der Waals surface area contributed by atoms with Crippen molar-refractivity contribution in [2.75, 3.05) is 18.5 Å². The van der Waals surface area contributed by atoms with Gasteiger partial charge in [0, 0.05) is 18.3 Å². The molecule has 1 amide bonds. The van der Waals surface area contributed by atoms with Crippen LogP contribution in [0, 0.1) is 5.92 Å². The molecule has 2 atom stereocenters. The van der Waals surface area contributed by atoms with Gasteiger partial charge in [0.05, 0.1) is 0 Å². The number of amides is 1. The molecule has 1 aliphatic heterocycles. The van der Waals surface area contributed by atoms with Crippen LogP contribution >= 0.6 is 0 Å². The minimum atomic E-state index is -0.592. The number of anilines is 1. The first kappa shape index (κ1) is 13.4. The van der Waals surface area contributed by atoms with Gasteiger partial charge in [0.2, 0.25) is 5.91 Å². The summed E-state index contributed by atoms with van der Waals surface area (Å²) in [7, 11) is 1.86. The SMILES string of the molecule is CNC(CN1c2ccccc2CC1C)(C(N)=O)C1CC1. The molecule has 2 aliphatic rings. The molecule has 0 spiro atoms. The van der Waals surface area contributed by atoms with Gasteiger partial charge in [-0.05, 0) is 50.8 Å². The van der Waals surface area contributed by atoms with E-state index in [2.05, 4.69) is 41.4 Å². The summed E-state index contributed by atoms with van der Waals surface area (Å²) in [6.45, 7) is 2.88. The number of benzene rings is 1. The summed E-state index contributed by atoms with van der Waals surface area (Å²) in [4.78, 5) is 14.4. The number of hydrogen-bond donors (Lipinski definition) is 2. The molecule has 108 valence electrons. The van der Waals surface area contributed by atoms with Crippen LogP contribution in [0.3, 0.4) is 0 Å². The van der Waals surface area contributed by atoms with E-state index >= 15 is 0 Å². The molecule has 20 heavy (non-hydrogen) atoms. The van der Waals surface area contributed by atoms with Crippen LogP contribution in [0.25, 0.3) is 0 Å². The molecule has 0 bridgehead atoms. The lowest BCUT2D eigenvalue weighted by molar-refractivity contribution is -0.124. The highest BCUT2D eigenvalue weighted by atomic mass is 16.1. The maximum atomic E-state index is 12.1. The zero-order chi connectivity index (χ0) is 14.3. The maximum absolute atomic E-state index is 12.1. The van der Waals surface area contributed by atoms with Crippen molar-refractivity contribution in [2.45, 2.75) is 37.8 Å². The van der Waals surface area contributed by atoms with Gasteiger partial charge in [-0.25, -0.2) is 0 Å². The average molecular weight is 273 g/mol. The molecule has 1 aromatic carbocycles. The van der Waals surface area contributed by atoms with Gasteiger partial charge in [0.15, 0.2) is 0 Å². The van der Waals surface area contributed by atoms with Crippen LogP contribution in [0.2, 0.25) is 0 Å². The van der Waals surface area contributed by atoms with Gasteiger partial charge in [0.25, 0.3) is 0 Å². The number of carbonyl (C=O) groups is 1. The average Bonchev–Trinajstić information content (AvgIpc) is 3.22. The molecular formula is C16H23N3O. The number of likely N-dealkylation sites (N-methyl/N-ethyl adjacent to an activating group) is 1. The van der Waals surface area contributed by atoms with Gasteiger partial charge in [-0.15, -0.1) is 0 Å². The Morgan fingerprint density at radius 1 is 1.45 bits per heavy atom. The van der Waals surface area contributed by atoms with Crippen LogP contribution in [0.1, 0.15) is 25.3 Å². The van der Waals surface area contributed by atoms with E-state index in [1.165, 1.54) is 11.3 Å². The van der Waals surface area contributed by atoms with E-state index in [1.54, 1.807) is 0 Å². The summed E-state index contributed by atoms with van der Waals surface area (Å²) in [5.41, 5.74) is 7.76. The van der Waals surface area contributed by atoms with E-state index in [4.69, 9.17) is 5.73 Å². The molecule has 0 aromatic heterocycles. The second-order valence-electron chi connectivity index (χ2n) is 6.17. The van der Waals surface area contributed by atoms with Gasteiger partial charge in [-0.1, -0.05) is 18.2 Å². The number of carbonyl (C=O) groups excluding carboxylic acids is 1. The number of nitrogens with two attached hydrogens (primary N) is 1. The Balaban J connectivity index is 1.91. The number of fused-ring (bicyclic) bond motifs is 1. The fourth-order valence-corrected chi connectivity index (χ4v) is 3.53. The van der Waals surface area contributed by atoms with Gasteiger partial charge in [-0.2, -0.15) is 0 Å². The normalized spacial score (nSPS) is 24.3. The van der Waals surface area contributed by atoms with Crippen LogP contribution in [-0.2, 0) is 11.2 Å². The van der Waals surface area contributed by atoms with Crippen molar-refractivity contribution in [1.82, 2.24) is 5.32 Å². The topological polar surface area (TPSA) is 58.4 Å². The first-order valence-electron chi connectivity index (χ1n) is 7.42. The highest BCUT2D eigenvalue weighted by Gasteiger charge is 2.50. The Kier molecular flexibility index (Phi) is 3.21. The summed E-state index contributed by atoms with van der Waals surface area (Å²) < 4.78 is 0. The van der Waals surface area contributed by atoms with Crippen molar-refractivity contribution < 1.29 is 4.79 Å². The quantitative estimate of drug-likeness (QED) is 0.850. The lowest BCUT2D eigenvalue weighted by Crippen LogP contribution is -2.62. The number of para-hydroxylation sites is 1. The number of primary amides is 1. The highest BCUT2D eigenvalue weighted by Crippen LogP contribution is 2.42. The molecule has 3 N–H and O–H groups in total. The zero-order valence-corrected chi connectivity index (χ0v) is 12.2. The molecule has 0 radical (unpaired) electrons. The summed E-state index contributed by atoms with van der Waals surface area (Å²) in [6.07, 6.45) is 3.22. The third kappa shape index (κ3) is 1.99. The third-order valence-electron chi connectivity index (χ3n) is 4.93. The Bertz CT molecular complexity index is 526. The lowest BCUT2D eigenvalue weighted by Gasteiger charge is -2.37. The zero-order valence-electron chi connectivity index (χ0n) is 12.2. The van der Waals surface area contributed by atoms with Crippen LogP contribution in [-0.4, -0.2) is 31.1 Å². The van der Waals surface area contributed by atoms with Crippen LogP contribution < -0.4 is 16.0 Å². The number of hydrogen-bond acceptors (Lipinski definition) is 3. The number of rotatable bonds is 5. The molecule has 2 unspecified atom stereocenters. The molecule has 4 heteroatoms.